The third kappa shape index (κ3) is 2.08. The molecule has 0 saturated heterocycles. The Hall–Kier alpha value is -0.820. The van der Waals surface area contributed by atoms with E-state index < -0.39 is 6.10 Å². The number of rotatable bonds is 3. The van der Waals surface area contributed by atoms with E-state index in [-0.39, 0.29) is 5.92 Å². The number of aliphatic hydroxyl groups excluding tert-OH is 1. The van der Waals surface area contributed by atoms with Crippen molar-refractivity contribution in [3.8, 4) is 0 Å². The summed E-state index contributed by atoms with van der Waals surface area (Å²) in [5, 5.41) is 9.35. The average Bonchev–Trinajstić information content (AvgIpc) is 2.07. The van der Waals surface area contributed by atoms with Gasteiger partial charge in [-0.2, -0.15) is 0 Å². The zero-order valence-electron chi connectivity index (χ0n) is 7.40. The van der Waals surface area contributed by atoms with Crippen LogP contribution in [0.1, 0.15) is 24.8 Å². The van der Waals surface area contributed by atoms with Crippen molar-refractivity contribution < 1.29 is 5.11 Å². The number of hydrogen-bond acceptors (Lipinski definition) is 1. The minimum absolute atomic E-state index is 0.172. The van der Waals surface area contributed by atoms with Gasteiger partial charge in [-0.25, -0.2) is 0 Å². The highest BCUT2D eigenvalue weighted by molar-refractivity contribution is 5.20. The smallest absolute Gasteiger partial charge is 0.0609 e. The molecule has 1 aromatic rings. The average molecular weight is 163 g/mol. The first-order chi connectivity index (χ1) is 5.75. The molecule has 1 nitrogen and oxygen atoms in total. The molecule has 1 N–H and O–H groups in total. The Kier molecular flexibility index (Phi) is 3.30. The summed E-state index contributed by atoms with van der Waals surface area (Å²) in [6, 6.07) is 10.0. The molecule has 1 radical (unpaired) electrons. The summed E-state index contributed by atoms with van der Waals surface area (Å²) in [7, 11) is 0. The molecule has 0 spiro atoms. The van der Waals surface area contributed by atoms with Gasteiger partial charge >= 0.3 is 0 Å². The van der Waals surface area contributed by atoms with E-state index in [1.807, 2.05) is 30.3 Å². The molecule has 0 saturated carbocycles. The fraction of sp³-hybridized carbons (Fsp3) is 0.364. The van der Waals surface area contributed by atoms with Crippen LogP contribution in [0.4, 0.5) is 0 Å². The first kappa shape index (κ1) is 9.27. The molecule has 0 aromatic heterocycles. The minimum atomic E-state index is -0.502. The van der Waals surface area contributed by atoms with Crippen LogP contribution < -0.4 is 0 Å². The van der Waals surface area contributed by atoms with Crippen LogP contribution in [0.2, 0.25) is 0 Å². The van der Waals surface area contributed by atoms with Crippen molar-refractivity contribution in [2.24, 2.45) is 0 Å². The lowest BCUT2D eigenvalue weighted by atomic mass is 9.92. The van der Waals surface area contributed by atoms with E-state index in [0.717, 1.165) is 6.42 Å². The fourth-order valence-corrected chi connectivity index (χ4v) is 1.43. The van der Waals surface area contributed by atoms with Gasteiger partial charge in [0.1, 0.15) is 0 Å². The quantitative estimate of drug-likeness (QED) is 0.725. The van der Waals surface area contributed by atoms with Gasteiger partial charge in [0.2, 0.25) is 0 Å². The SMILES string of the molecule is [CH2]C(O)C(CC)c1ccccc1. The standard InChI is InChI=1S/C11H15O/c1-3-11(9(2)12)10-7-5-4-6-8-10/h4-9,11-12H,2-3H2,1H3. The third-order valence-corrected chi connectivity index (χ3v) is 2.13. The lowest BCUT2D eigenvalue weighted by Gasteiger charge is -2.17. The van der Waals surface area contributed by atoms with Crippen LogP contribution in [0.15, 0.2) is 30.3 Å². The van der Waals surface area contributed by atoms with Crippen LogP contribution in [0.5, 0.6) is 0 Å². The summed E-state index contributed by atoms with van der Waals surface area (Å²) < 4.78 is 0. The van der Waals surface area contributed by atoms with E-state index in [1.165, 1.54) is 5.56 Å². The summed E-state index contributed by atoms with van der Waals surface area (Å²) in [5.74, 6) is 0.172. The Bertz CT molecular complexity index is 216. The van der Waals surface area contributed by atoms with E-state index in [4.69, 9.17) is 0 Å². The fourth-order valence-electron chi connectivity index (χ4n) is 1.43. The molecule has 0 aliphatic heterocycles. The Labute approximate surface area is 74.1 Å². The number of aliphatic hydroxyl groups is 1. The monoisotopic (exact) mass is 163 g/mol. The Morgan fingerprint density at radius 3 is 2.33 bits per heavy atom. The first-order valence-electron chi connectivity index (χ1n) is 4.31. The van der Waals surface area contributed by atoms with Crippen LogP contribution in [0.3, 0.4) is 0 Å². The second-order valence-electron chi connectivity index (χ2n) is 2.99. The van der Waals surface area contributed by atoms with Gasteiger partial charge in [0, 0.05) is 5.92 Å². The van der Waals surface area contributed by atoms with Gasteiger partial charge in [-0.3, -0.25) is 0 Å². The maximum absolute atomic E-state index is 9.35. The predicted octanol–water partition coefficient (Wildman–Crippen LogP) is 2.38. The largest absolute Gasteiger partial charge is 0.392 e. The molecule has 0 fully saturated rings. The molecule has 2 unspecified atom stereocenters. The second-order valence-corrected chi connectivity index (χ2v) is 2.99. The van der Waals surface area contributed by atoms with Crippen molar-refractivity contribution in [2.45, 2.75) is 25.4 Å². The van der Waals surface area contributed by atoms with Crippen molar-refractivity contribution in [3.05, 3.63) is 42.8 Å². The molecule has 0 amide bonds. The number of benzene rings is 1. The first-order valence-corrected chi connectivity index (χ1v) is 4.31. The number of hydrogen-bond donors (Lipinski definition) is 1. The van der Waals surface area contributed by atoms with Crippen molar-refractivity contribution in [1.82, 2.24) is 0 Å². The van der Waals surface area contributed by atoms with E-state index in [0.29, 0.717) is 0 Å². The highest BCUT2D eigenvalue weighted by Gasteiger charge is 2.13. The van der Waals surface area contributed by atoms with Crippen molar-refractivity contribution in [2.75, 3.05) is 0 Å². The lowest BCUT2D eigenvalue weighted by molar-refractivity contribution is 0.185. The maximum atomic E-state index is 9.35. The van der Waals surface area contributed by atoms with E-state index in [1.54, 1.807) is 0 Å². The Morgan fingerprint density at radius 1 is 1.33 bits per heavy atom. The van der Waals surface area contributed by atoms with Crippen molar-refractivity contribution >= 4 is 0 Å². The molecular weight excluding hydrogens is 148 g/mol. The summed E-state index contributed by atoms with van der Waals surface area (Å²) in [5.41, 5.74) is 1.17. The molecule has 0 bridgehead atoms. The van der Waals surface area contributed by atoms with Crippen LogP contribution in [-0.2, 0) is 0 Å². The molecule has 12 heavy (non-hydrogen) atoms. The normalized spacial score (nSPS) is 15.6. The molecule has 0 heterocycles. The second kappa shape index (κ2) is 4.27. The van der Waals surface area contributed by atoms with Crippen molar-refractivity contribution in [1.29, 1.82) is 0 Å². The van der Waals surface area contributed by atoms with Gasteiger partial charge in [0.15, 0.2) is 0 Å². The van der Waals surface area contributed by atoms with Gasteiger partial charge in [0.05, 0.1) is 6.10 Å². The van der Waals surface area contributed by atoms with Gasteiger partial charge < -0.3 is 5.11 Å². The van der Waals surface area contributed by atoms with E-state index in [9.17, 15) is 5.11 Å². The molecular formula is C11H15O. The zero-order chi connectivity index (χ0) is 8.97. The molecule has 2 atom stereocenters. The van der Waals surface area contributed by atoms with Crippen LogP contribution >= 0.6 is 0 Å². The van der Waals surface area contributed by atoms with E-state index in [2.05, 4.69) is 13.8 Å². The molecule has 1 rings (SSSR count). The van der Waals surface area contributed by atoms with Gasteiger partial charge in [-0.05, 0) is 18.9 Å². The highest BCUT2D eigenvalue weighted by Crippen LogP contribution is 2.22. The van der Waals surface area contributed by atoms with Crippen LogP contribution in [-0.4, -0.2) is 11.2 Å². The molecule has 1 aromatic carbocycles. The summed E-state index contributed by atoms with van der Waals surface area (Å²) in [6.07, 6.45) is 0.423. The van der Waals surface area contributed by atoms with Crippen LogP contribution in [0.25, 0.3) is 0 Å². The lowest BCUT2D eigenvalue weighted by Crippen LogP contribution is -2.13. The zero-order valence-corrected chi connectivity index (χ0v) is 7.40. The van der Waals surface area contributed by atoms with Gasteiger partial charge in [0.25, 0.3) is 0 Å². The minimum Gasteiger partial charge on any atom is -0.392 e. The summed E-state index contributed by atoms with van der Waals surface area (Å²) in [4.78, 5) is 0. The molecule has 0 aliphatic rings. The summed E-state index contributed by atoms with van der Waals surface area (Å²) in [6.45, 7) is 5.70. The maximum Gasteiger partial charge on any atom is 0.0609 e. The van der Waals surface area contributed by atoms with Gasteiger partial charge in [-0.1, -0.05) is 37.3 Å². The van der Waals surface area contributed by atoms with Gasteiger partial charge in [-0.15, -0.1) is 0 Å². The molecule has 65 valence electrons. The van der Waals surface area contributed by atoms with E-state index >= 15 is 0 Å². The van der Waals surface area contributed by atoms with Crippen molar-refractivity contribution in [3.63, 3.8) is 0 Å². The molecule has 1 heteroatoms. The molecule has 0 aliphatic carbocycles. The highest BCUT2D eigenvalue weighted by atomic mass is 16.3. The third-order valence-electron chi connectivity index (χ3n) is 2.13. The Morgan fingerprint density at radius 2 is 1.92 bits per heavy atom. The predicted molar refractivity (Wildman–Crippen MR) is 50.8 cm³/mol. The van der Waals surface area contributed by atoms with Crippen LogP contribution in [0, 0.1) is 6.92 Å². The summed E-state index contributed by atoms with van der Waals surface area (Å²) >= 11 is 0. The Balaban J connectivity index is 2.80. The topological polar surface area (TPSA) is 20.2 Å².